The zero-order chi connectivity index (χ0) is 21.7. The number of benzene rings is 2. The van der Waals surface area contributed by atoms with Gasteiger partial charge in [0.2, 0.25) is 5.91 Å². The number of anilines is 1. The molecule has 0 bridgehead atoms. The fraction of sp³-hybridized carbons (Fsp3) is 0.364. The number of sulfone groups is 1. The number of hydrogen-bond donors (Lipinski definition) is 0. The van der Waals surface area contributed by atoms with Gasteiger partial charge in [-0.1, -0.05) is 41.2 Å². The second kappa shape index (κ2) is 11.0. The maximum absolute atomic E-state index is 13.0. The van der Waals surface area contributed by atoms with E-state index < -0.39 is 9.84 Å². The van der Waals surface area contributed by atoms with Crippen molar-refractivity contribution in [2.75, 3.05) is 37.8 Å². The third-order valence-corrected chi connectivity index (χ3v) is 7.65. The number of nitrogens with zero attached hydrogens (tertiary/aromatic N) is 3. The van der Waals surface area contributed by atoms with Crippen LogP contribution in [-0.2, 0) is 14.6 Å². The zero-order valence-electron chi connectivity index (χ0n) is 17.9. The number of amides is 1. The maximum atomic E-state index is 13.0. The molecule has 0 fully saturated rings. The normalized spacial score (nSPS) is 11.5. The Balaban J connectivity index is 0.00000341. The molecule has 0 aliphatic rings. The van der Waals surface area contributed by atoms with Gasteiger partial charge in [0.05, 0.1) is 20.9 Å². The number of carbonyl (C=O) groups excluding carboxylic acids is 1. The van der Waals surface area contributed by atoms with Crippen LogP contribution in [0.2, 0.25) is 0 Å². The summed E-state index contributed by atoms with van der Waals surface area (Å²) >= 11 is 1.48. The molecule has 0 atom stereocenters. The van der Waals surface area contributed by atoms with E-state index in [9.17, 15) is 13.2 Å². The van der Waals surface area contributed by atoms with Crippen LogP contribution in [0.15, 0.2) is 53.4 Å². The topological polar surface area (TPSA) is 70.6 Å². The van der Waals surface area contributed by atoms with Crippen LogP contribution in [-0.4, -0.2) is 57.1 Å². The maximum Gasteiger partial charge on any atom is 0.228 e. The van der Waals surface area contributed by atoms with E-state index in [0.29, 0.717) is 23.1 Å². The lowest BCUT2D eigenvalue weighted by Crippen LogP contribution is -2.36. The molecule has 168 valence electrons. The van der Waals surface area contributed by atoms with E-state index in [-0.39, 0.29) is 36.9 Å². The van der Waals surface area contributed by atoms with E-state index in [1.165, 1.54) is 11.3 Å². The van der Waals surface area contributed by atoms with E-state index in [0.717, 1.165) is 15.8 Å². The number of para-hydroxylation sites is 1. The lowest BCUT2D eigenvalue weighted by molar-refractivity contribution is -0.118. The third kappa shape index (κ3) is 6.74. The number of hydrogen-bond acceptors (Lipinski definition) is 6. The summed E-state index contributed by atoms with van der Waals surface area (Å²) in [4.78, 5) is 21.6. The largest absolute Gasteiger partial charge is 0.308 e. The molecule has 0 aliphatic heterocycles. The van der Waals surface area contributed by atoms with Crippen molar-refractivity contribution in [1.29, 1.82) is 0 Å². The summed E-state index contributed by atoms with van der Waals surface area (Å²) in [5.74, 6) is -0.154. The van der Waals surface area contributed by atoms with Gasteiger partial charge < -0.3 is 4.90 Å². The minimum atomic E-state index is -3.40. The molecule has 6 nitrogen and oxygen atoms in total. The molecule has 0 aliphatic carbocycles. The molecule has 0 spiro atoms. The molecule has 1 aromatic heterocycles. The lowest BCUT2D eigenvalue weighted by atomic mass is 10.2. The monoisotopic (exact) mass is 481 g/mol. The Morgan fingerprint density at radius 2 is 1.71 bits per heavy atom. The fourth-order valence-corrected chi connectivity index (χ4v) is 5.33. The molecule has 1 heterocycles. The van der Waals surface area contributed by atoms with Gasteiger partial charge in [0, 0.05) is 19.5 Å². The van der Waals surface area contributed by atoms with E-state index in [1.54, 1.807) is 29.2 Å². The summed E-state index contributed by atoms with van der Waals surface area (Å²) in [5, 5.41) is 0.657. The second-order valence-electron chi connectivity index (χ2n) is 7.55. The van der Waals surface area contributed by atoms with Crippen LogP contribution in [0.1, 0.15) is 18.4 Å². The van der Waals surface area contributed by atoms with Crippen molar-refractivity contribution in [3.05, 3.63) is 54.1 Å². The van der Waals surface area contributed by atoms with Gasteiger partial charge >= 0.3 is 0 Å². The predicted molar refractivity (Wildman–Crippen MR) is 130 cm³/mol. The molecule has 0 saturated carbocycles. The summed E-state index contributed by atoms with van der Waals surface area (Å²) in [6, 6.07) is 14.6. The van der Waals surface area contributed by atoms with Gasteiger partial charge in [-0.2, -0.15) is 0 Å². The van der Waals surface area contributed by atoms with Crippen molar-refractivity contribution in [3.8, 4) is 0 Å². The van der Waals surface area contributed by atoms with Gasteiger partial charge in [0.1, 0.15) is 0 Å². The third-order valence-electron chi connectivity index (χ3n) is 4.77. The molecule has 0 unspecified atom stereocenters. The summed E-state index contributed by atoms with van der Waals surface area (Å²) < 4.78 is 26.1. The van der Waals surface area contributed by atoms with Crippen LogP contribution in [0.3, 0.4) is 0 Å². The number of aryl methyl sites for hydroxylation is 1. The number of halogens is 1. The first-order valence-electron chi connectivity index (χ1n) is 9.86. The van der Waals surface area contributed by atoms with E-state index in [2.05, 4.69) is 4.98 Å². The van der Waals surface area contributed by atoms with E-state index >= 15 is 0 Å². The smallest absolute Gasteiger partial charge is 0.228 e. The van der Waals surface area contributed by atoms with Crippen LogP contribution in [0.5, 0.6) is 0 Å². The molecular weight excluding hydrogens is 454 g/mol. The molecular formula is C22H28ClN3O3S2. The highest BCUT2D eigenvalue weighted by atomic mass is 35.5. The molecule has 3 rings (SSSR count). The highest BCUT2D eigenvalue weighted by molar-refractivity contribution is 7.91. The van der Waals surface area contributed by atoms with Crippen molar-refractivity contribution >= 4 is 54.8 Å². The number of fused-ring (bicyclic) bond motifs is 1. The van der Waals surface area contributed by atoms with Gasteiger partial charge in [0.15, 0.2) is 15.0 Å². The standard InChI is InChI=1S/C22H27N3O3S2.ClH/c1-17-10-12-18(13-11-17)30(27,28)16-6-9-21(26)25(15-14-24(2)3)22-23-19-7-4-5-8-20(19)29-22;/h4-5,7-8,10-13H,6,9,14-16H2,1-3H3;1H. The van der Waals surface area contributed by atoms with Crippen molar-refractivity contribution in [1.82, 2.24) is 9.88 Å². The van der Waals surface area contributed by atoms with Gasteiger partial charge in [-0.05, 0) is 51.7 Å². The summed E-state index contributed by atoms with van der Waals surface area (Å²) in [6.45, 7) is 3.12. The van der Waals surface area contributed by atoms with Gasteiger partial charge in [-0.3, -0.25) is 9.69 Å². The number of carbonyl (C=O) groups is 1. The first-order valence-corrected chi connectivity index (χ1v) is 12.3. The van der Waals surface area contributed by atoms with Gasteiger partial charge in [0.25, 0.3) is 0 Å². The molecule has 31 heavy (non-hydrogen) atoms. The number of rotatable bonds is 9. The zero-order valence-corrected chi connectivity index (χ0v) is 20.4. The number of likely N-dealkylation sites (N-methyl/N-ethyl adjacent to an activating group) is 1. The Morgan fingerprint density at radius 1 is 1.03 bits per heavy atom. The van der Waals surface area contributed by atoms with Gasteiger partial charge in [-0.25, -0.2) is 13.4 Å². The molecule has 0 radical (unpaired) electrons. The fourth-order valence-electron chi connectivity index (χ4n) is 3.01. The molecule has 1 amide bonds. The first kappa shape index (κ1) is 25.3. The average Bonchev–Trinajstić information content (AvgIpc) is 3.12. The highest BCUT2D eigenvalue weighted by Gasteiger charge is 2.21. The van der Waals surface area contributed by atoms with Crippen LogP contribution < -0.4 is 4.90 Å². The molecule has 0 saturated heterocycles. The van der Waals surface area contributed by atoms with Crippen molar-refractivity contribution in [2.45, 2.75) is 24.7 Å². The Morgan fingerprint density at radius 3 is 2.35 bits per heavy atom. The Bertz CT molecular complexity index is 1080. The van der Waals surface area contributed by atoms with Crippen LogP contribution in [0, 0.1) is 6.92 Å². The minimum absolute atomic E-state index is 0. The summed E-state index contributed by atoms with van der Waals surface area (Å²) in [7, 11) is 0.506. The van der Waals surface area contributed by atoms with E-state index in [1.807, 2.05) is 50.2 Å². The van der Waals surface area contributed by atoms with Crippen molar-refractivity contribution in [3.63, 3.8) is 0 Å². The van der Waals surface area contributed by atoms with Crippen molar-refractivity contribution in [2.24, 2.45) is 0 Å². The quantitative estimate of drug-likeness (QED) is 0.458. The SMILES string of the molecule is Cc1ccc(S(=O)(=O)CCCC(=O)N(CCN(C)C)c2nc3ccccc3s2)cc1.Cl. The van der Waals surface area contributed by atoms with Crippen LogP contribution in [0.4, 0.5) is 5.13 Å². The first-order chi connectivity index (χ1) is 14.3. The molecule has 9 heteroatoms. The second-order valence-corrected chi connectivity index (χ2v) is 10.7. The summed E-state index contributed by atoms with van der Waals surface area (Å²) in [6.07, 6.45) is 0.437. The number of thiazole rings is 1. The average molecular weight is 482 g/mol. The molecule has 2 aromatic carbocycles. The molecule has 3 aromatic rings. The lowest BCUT2D eigenvalue weighted by Gasteiger charge is -2.22. The van der Waals surface area contributed by atoms with Crippen LogP contribution >= 0.6 is 23.7 Å². The predicted octanol–water partition coefficient (Wildman–Crippen LogP) is 4.18. The summed E-state index contributed by atoms with van der Waals surface area (Å²) in [5.41, 5.74) is 1.87. The Labute approximate surface area is 194 Å². The molecule has 0 N–H and O–H groups in total. The Hall–Kier alpha value is -2.00. The number of aromatic nitrogens is 1. The Kier molecular flexibility index (Phi) is 9.00. The highest BCUT2D eigenvalue weighted by Crippen LogP contribution is 2.29. The van der Waals surface area contributed by atoms with Crippen molar-refractivity contribution < 1.29 is 13.2 Å². The van der Waals surface area contributed by atoms with Crippen LogP contribution in [0.25, 0.3) is 10.2 Å². The minimum Gasteiger partial charge on any atom is -0.308 e. The van der Waals surface area contributed by atoms with E-state index in [4.69, 9.17) is 0 Å². The van der Waals surface area contributed by atoms with Gasteiger partial charge in [-0.15, -0.1) is 12.4 Å².